The number of hydrogen-bond donors (Lipinski definition) is 3. The molecule has 1 rings (SSSR count). The van der Waals surface area contributed by atoms with Gasteiger partial charge < -0.3 is 16.8 Å². The summed E-state index contributed by atoms with van der Waals surface area (Å²) in [5.74, 6) is 0.223. The Labute approximate surface area is 109 Å². The molecule has 0 aliphatic rings. The molecule has 0 heterocycles. The normalized spacial score (nSPS) is 13.9. The van der Waals surface area contributed by atoms with Crippen molar-refractivity contribution in [2.75, 3.05) is 11.1 Å². The Balaban J connectivity index is 2.77. The molecule has 18 heavy (non-hydrogen) atoms. The third kappa shape index (κ3) is 3.95. The first-order valence-corrected chi connectivity index (χ1v) is 6.39. The zero-order valence-electron chi connectivity index (χ0n) is 11.4. The topological polar surface area (TPSA) is 81.1 Å². The molecule has 0 spiro atoms. The van der Waals surface area contributed by atoms with E-state index in [1.54, 1.807) is 18.2 Å². The van der Waals surface area contributed by atoms with Gasteiger partial charge in [-0.2, -0.15) is 0 Å². The van der Waals surface area contributed by atoms with Crippen LogP contribution in [0.25, 0.3) is 0 Å². The molecule has 1 aromatic carbocycles. The summed E-state index contributed by atoms with van der Waals surface area (Å²) in [6, 6.07) is 5.37. The maximum Gasteiger partial charge on any atom is 0.248 e. The highest BCUT2D eigenvalue weighted by Crippen LogP contribution is 2.22. The number of nitrogen functional groups attached to an aromatic ring is 1. The van der Waals surface area contributed by atoms with Gasteiger partial charge in [0.15, 0.2) is 0 Å². The number of carbonyl (C=O) groups is 1. The monoisotopic (exact) mass is 249 g/mol. The number of primary amides is 1. The fraction of sp³-hybridized carbons (Fsp3) is 0.500. The Morgan fingerprint density at radius 2 is 2.06 bits per heavy atom. The highest BCUT2D eigenvalue weighted by Gasteiger charge is 2.10. The van der Waals surface area contributed by atoms with E-state index >= 15 is 0 Å². The summed E-state index contributed by atoms with van der Waals surface area (Å²) in [6.45, 7) is 6.52. The standard InChI is InChI=1S/C14H23N3O/c1-4-9(2)7-10(3)17-13-8-11(14(16)18)5-6-12(13)15/h5-6,8-10,17H,4,7,15H2,1-3H3,(H2,16,18). The Kier molecular flexibility index (Phi) is 5.01. The fourth-order valence-corrected chi connectivity index (χ4v) is 1.93. The Morgan fingerprint density at radius 1 is 1.39 bits per heavy atom. The van der Waals surface area contributed by atoms with Gasteiger partial charge in [-0.3, -0.25) is 4.79 Å². The molecule has 5 N–H and O–H groups in total. The van der Waals surface area contributed by atoms with Crippen LogP contribution in [-0.4, -0.2) is 11.9 Å². The number of nitrogens with one attached hydrogen (secondary N) is 1. The van der Waals surface area contributed by atoms with Crippen molar-refractivity contribution in [3.63, 3.8) is 0 Å². The molecule has 2 unspecified atom stereocenters. The number of rotatable bonds is 6. The molecule has 4 heteroatoms. The van der Waals surface area contributed by atoms with Crippen molar-refractivity contribution in [3.05, 3.63) is 23.8 Å². The van der Waals surface area contributed by atoms with Gasteiger partial charge in [-0.15, -0.1) is 0 Å². The van der Waals surface area contributed by atoms with E-state index in [-0.39, 0.29) is 0 Å². The van der Waals surface area contributed by atoms with Gasteiger partial charge in [0.05, 0.1) is 11.4 Å². The third-order valence-corrected chi connectivity index (χ3v) is 3.19. The minimum Gasteiger partial charge on any atom is -0.397 e. The molecular weight excluding hydrogens is 226 g/mol. The first-order chi connectivity index (χ1) is 8.43. The molecule has 1 aromatic rings. The lowest BCUT2D eigenvalue weighted by Crippen LogP contribution is -2.20. The average Bonchev–Trinajstić information content (AvgIpc) is 2.31. The van der Waals surface area contributed by atoms with Gasteiger partial charge in [0.25, 0.3) is 0 Å². The number of amides is 1. The molecule has 0 saturated carbocycles. The van der Waals surface area contributed by atoms with Crippen LogP contribution in [0.4, 0.5) is 11.4 Å². The third-order valence-electron chi connectivity index (χ3n) is 3.19. The molecule has 4 nitrogen and oxygen atoms in total. The van der Waals surface area contributed by atoms with Crippen LogP contribution in [0.3, 0.4) is 0 Å². The minimum atomic E-state index is -0.437. The quantitative estimate of drug-likeness (QED) is 0.678. The zero-order chi connectivity index (χ0) is 13.7. The van der Waals surface area contributed by atoms with Crippen molar-refractivity contribution < 1.29 is 4.79 Å². The Hall–Kier alpha value is -1.71. The summed E-state index contributed by atoms with van der Waals surface area (Å²) in [5.41, 5.74) is 13.0. The second-order valence-corrected chi connectivity index (χ2v) is 4.96. The van der Waals surface area contributed by atoms with Gasteiger partial charge in [-0.25, -0.2) is 0 Å². The van der Waals surface area contributed by atoms with E-state index in [0.717, 1.165) is 18.5 Å². The summed E-state index contributed by atoms with van der Waals surface area (Å²) < 4.78 is 0. The summed E-state index contributed by atoms with van der Waals surface area (Å²) in [7, 11) is 0. The lowest BCUT2D eigenvalue weighted by atomic mass is 10.00. The highest BCUT2D eigenvalue weighted by molar-refractivity contribution is 5.94. The Bertz CT molecular complexity index is 418. The fourth-order valence-electron chi connectivity index (χ4n) is 1.93. The lowest BCUT2D eigenvalue weighted by Gasteiger charge is -2.20. The second kappa shape index (κ2) is 6.28. The van der Waals surface area contributed by atoms with Gasteiger partial charge >= 0.3 is 0 Å². The number of carbonyl (C=O) groups excluding carboxylic acids is 1. The van der Waals surface area contributed by atoms with E-state index in [2.05, 4.69) is 26.1 Å². The maximum atomic E-state index is 11.1. The molecule has 0 aliphatic heterocycles. The molecule has 0 bridgehead atoms. The lowest BCUT2D eigenvalue weighted by molar-refractivity contribution is 0.100. The van der Waals surface area contributed by atoms with Gasteiger partial charge in [-0.1, -0.05) is 20.3 Å². The van der Waals surface area contributed by atoms with Crippen LogP contribution in [0.2, 0.25) is 0 Å². The first kappa shape index (κ1) is 14.4. The smallest absolute Gasteiger partial charge is 0.248 e. The molecule has 0 saturated heterocycles. The van der Waals surface area contributed by atoms with E-state index in [1.165, 1.54) is 0 Å². The van der Waals surface area contributed by atoms with Crippen LogP contribution in [0.5, 0.6) is 0 Å². The minimum absolute atomic E-state index is 0.311. The maximum absolute atomic E-state index is 11.1. The molecule has 0 aliphatic carbocycles. The highest BCUT2D eigenvalue weighted by atomic mass is 16.1. The van der Waals surface area contributed by atoms with Gasteiger partial charge in [-0.05, 0) is 37.5 Å². The van der Waals surface area contributed by atoms with Crippen molar-refractivity contribution in [2.45, 2.75) is 39.7 Å². The molecule has 100 valence electrons. The molecule has 0 fully saturated rings. The SMILES string of the molecule is CCC(C)CC(C)Nc1cc(C(N)=O)ccc1N. The summed E-state index contributed by atoms with van der Waals surface area (Å²) >= 11 is 0. The summed E-state index contributed by atoms with van der Waals surface area (Å²) in [4.78, 5) is 11.1. The van der Waals surface area contributed by atoms with Gasteiger partial charge in [0.2, 0.25) is 5.91 Å². The molecular formula is C14H23N3O. The van der Waals surface area contributed by atoms with Gasteiger partial charge in [0, 0.05) is 11.6 Å². The van der Waals surface area contributed by atoms with Crippen LogP contribution >= 0.6 is 0 Å². The van der Waals surface area contributed by atoms with E-state index in [0.29, 0.717) is 23.2 Å². The predicted molar refractivity (Wildman–Crippen MR) is 76.5 cm³/mol. The van der Waals surface area contributed by atoms with Crippen molar-refractivity contribution in [3.8, 4) is 0 Å². The van der Waals surface area contributed by atoms with Crippen LogP contribution in [0, 0.1) is 5.92 Å². The van der Waals surface area contributed by atoms with E-state index in [1.807, 2.05) is 0 Å². The largest absolute Gasteiger partial charge is 0.397 e. The van der Waals surface area contributed by atoms with Crippen molar-refractivity contribution in [1.29, 1.82) is 0 Å². The van der Waals surface area contributed by atoms with Gasteiger partial charge in [0.1, 0.15) is 0 Å². The molecule has 2 atom stereocenters. The first-order valence-electron chi connectivity index (χ1n) is 6.39. The van der Waals surface area contributed by atoms with Crippen molar-refractivity contribution >= 4 is 17.3 Å². The van der Waals surface area contributed by atoms with Crippen molar-refractivity contribution in [2.24, 2.45) is 11.7 Å². The van der Waals surface area contributed by atoms with Crippen LogP contribution in [0.1, 0.15) is 44.0 Å². The zero-order valence-corrected chi connectivity index (χ0v) is 11.4. The molecule has 1 amide bonds. The number of nitrogens with two attached hydrogens (primary N) is 2. The van der Waals surface area contributed by atoms with Crippen molar-refractivity contribution in [1.82, 2.24) is 0 Å². The van der Waals surface area contributed by atoms with E-state index in [9.17, 15) is 4.79 Å². The van der Waals surface area contributed by atoms with E-state index in [4.69, 9.17) is 11.5 Å². The number of anilines is 2. The van der Waals surface area contributed by atoms with E-state index < -0.39 is 5.91 Å². The van der Waals surface area contributed by atoms with Crippen LogP contribution < -0.4 is 16.8 Å². The molecule has 0 radical (unpaired) electrons. The average molecular weight is 249 g/mol. The van der Waals surface area contributed by atoms with Crippen LogP contribution in [-0.2, 0) is 0 Å². The molecule has 0 aromatic heterocycles. The number of benzene rings is 1. The van der Waals surface area contributed by atoms with Crippen LogP contribution in [0.15, 0.2) is 18.2 Å². The Morgan fingerprint density at radius 3 is 2.61 bits per heavy atom. The predicted octanol–water partition coefficient (Wildman–Crippen LogP) is 2.60. The summed E-state index contributed by atoms with van der Waals surface area (Å²) in [6.07, 6.45) is 2.22. The number of hydrogen-bond acceptors (Lipinski definition) is 3. The summed E-state index contributed by atoms with van der Waals surface area (Å²) in [5, 5.41) is 3.34. The second-order valence-electron chi connectivity index (χ2n) is 4.96.